The summed E-state index contributed by atoms with van der Waals surface area (Å²) in [5.41, 5.74) is 2.52. The lowest BCUT2D eigenvalue weighted by Crippen LogP contribution is -2.38. The molecule has 0 spiro atoms. The van der Waals surface area contributed by atoms with Gasteiger partial charge in [-0.05, 0) is 38.1 Å². The summed E-state index contributed by atoms with van der Waals surface area (Å²) in [6, 6.07) is 8.72. The van der Waals surface area contributed by atoms with Crippen molar-refractivity contribution in [3.8, 4) is 0 Å². The minimum Gasteiger partial charge on any atom is -0.480 e. The van der Waals surface area contributed by atoms with Crippen molar-refractivity contribution >= 4 is 5.97 Å². The lowest BCUT2D eigenvalue weighted by atomic mass is 10.0. The second-order valence-electron chi connectivity index (χ2n) is 5.69. The molecule has 0 aliphatic heterocycles. The van der Waals surface area contributed by atoms with E-state index in [1.54, 1.807) is 0 Å². The van der Waals surface area contributed by atoms with E-state index < -0.39 is 5.97 Å². The molecule has 0 aliphatic carbocycles. The van der Waals surface area contributed by atoms with E-state index in [2.05, 4.69) is 47.9 Å². The second kappa shape index (κ2) is 8.80. The quantitative estimate of drug-likeness (QED) is 0.760. The predicted octanol–water partition coefficient (Wildman–Crippen LogP) is 2.65. The fraction of sp³-hybridized carbons (Fsp3) is 0.588. The molecule has 0 amide bonds. The third kappa shape index (κ3) is 5.86. The molecule has 1 unspecified atom stereocenters. The van der Waals surface area contributed by atoms with Crippen LogP contribution in [-0.2, 0) is 11.2 Å². The van der Waals surface area contributed by atoms with Crippen molar-refractivity contribution in [3.05, 3.63) is 35.4 Å². The topological polar surface area (TPSA) is 43.8 Å². The van der Waals surface area contributed by atoms with E-state index in [9.17, 15) is 4.79 Å². The van der Waals surface area contributed by atoms with Gasteiger partial charge in [-0.3, -0.25) is 9.69 Å². The largest absolute Gasteiger partial charge is 0.480 e. The number of benzene rings is 1. The van der Waals surface area contributed by atoms with Gasteiger partial charge in [-0.25, -0.2) is 0 Å². The molecular formula is C17H28N2O2. The first-order valence-electron chi connectivity index (χ1n) is 7.67. The molecule has 0 aromatic heterocycles. The van der Waals surface area contributed by atoms with E-state index in [-0.39, 0.29) is 12.6 Å². The van der Waals surface area contributed by atoms with E-state index in [0.717, 1.165) is 25.9 Å². The molecule has 0 heterocycles. The van der Waals surface area contributed by atoms with Crippen molar-refractivity contribution in [3.63, 3.8) is 0 Å². The summed E-state index contributed by atoms with van der Waals surface area (Å²) in [6.07, 6.45) is 1.93. The number of hydrogen-bond acceptors (Lipinski definition) is 3. The zero-order chi connectivity index (χ0) is 15.8. The zero-order valence-electron chi connectivity index (χ0n) is 13.7. The van der Waals surface area contributed by atoms with Gasteiger partial charge in [-0.15, -0.1) is 0 Å². The average Bonchev–Trinajstić information content (AvgIpc) is 2.45. The lowest BCUT2D eigenvalue weighted by molar-refractivity contribution is -0.139. The predicted molar refractivity (Wildman–Crippen MR) is 86.6 cm³/mol. The fourth-order valence-corrected chi connectivity index (χ4v) is 2.53. The molecule has 118 valence electrons. The minimum atomic E-state index is -0.766. The Labute approximate surface area is 128 Å². The first-order chi connectivity index (χ1) is 9.97. The van der Waals surface area contributed by atoms with Gasteiger partial charge in [0.15, 0.2) is 0 Å². The van der Waals surface area contributed by atoms with Crippen LogP contribution < -0.4 is 0 Å². The monoisotopic (exact) mass is 292 g/mol. The number of carbonyl (C=O) groups is 1. The Morgan fingerprint density at radius 3 is 2.19 bits per heavy atom. The van der Waals surface area contributed by atoms with E-state index in [0.29, 0.717) is 0 Å². The molecule has 0 radical (unpaired) electrons. The number of rotatable bonds is 9. The summed E-state index contributed by atoms with van der Waals surface area (Å²) in [7, 11) is 4.02. The van der Waals surface area contributed by atoms with Gasteiger partial charge >= 0.3 is 5.97 Å². The Morgan fingerprint density at radius 1 is 1.14 bits per heavy atom. The number of likely N-dealkylation sites (N-methyl/N-ethyl adjacent to an activating group) is 1. The molecule has 0 bridgehead atoms. The van der Waals surface area contributed by atoms with E-state index >= 15 is 0 Å². The molecule has 1 aromatic rings. The van der Waals surface area contributed by atoms with Crippen LogP contribution in [0.25, 0.3) is 0 Å². The van der Waals surface area contributed by atoms with Gasteiger partial charge in [0.05, 0.1) is 6.54 Å². The number of hydrogen-bond donors (Lipinski definition) is 1. The molecule has 1 aromatic carbocycles. The van der Waals surface area contributed by atoms with Gasteiger partial charge in [0.1, 0.15) is 0 Å². The number of aliphatic carboxylic acids is 1. The van der Waals surface area contributed by atoms with E-state index in [1.807, 2.05) is 14.1 Å². The highest BCUT2D eigenvalue weighted by Gasteiger charge is 2.21. The molecule has 0 saturated heterocycles. The second-order valence-corrected chi connectivity index (χ2v) is 5.69. The van der Waals surface area contributed by atoms with E-state index in [1.165, 1.54) is 11.1 Å². The molecule has 4 nitrogen and oxygen atoms in total. The Morgan fingerprint density at radius 2 is 1.76 bits per heavy atom. The molecule has 0 saturated carbocycles. The molecule has 0 fully saturated rings. The smallest absolute Gasteiger partial charge is 0.317 e. The molecular weight excluding hydrogens is 264 g/mol. The SMILES string of the molecule is CCc1ccc(C(CC)N(CCN(C)C)CC(=O)O)cc1. The van der Waals surface area contributed by atoms with Crippen molar-refractivity contribution in [1.29, 1.82) is 0 Å². The molecule has 21 heavy (non-hydrogen) atoms. The maximum atomic E-state index is 11.2. The number of carboxylic acid groups (broad SMARTS) is 1. The van der Waals surface area contributed by atoms with Crippen LogP contribution in [0.5, 0.6) is 0 Å². The number of nitrogens with zero attached hydrogens (tertiary/aromatic N) is 2. The first kappa shape index (κ1) is 17.7. The standard InChI is InChI=1S/C17H28N2O2/c1-5-14-7-9-15(10-8-14)16(6-2)19(13-17(20)21)12-11-18(3)4/h7-10,16H,5-6,11-13H2,1-4H3,(H,20,21). The van der Waals surface area contributed by atoms with Gasteiger partial charge < -0.3 is 10.0 Å². The Hall–Kier alpha value is -1.39. The van der Waals surface area contributed by atoms with E-state index in [4.69, 9.17) is 5.11 Å². The average molecular weight is 292 g/mol. The lowest BCUT2D eigenvalue weighted by Gasteiger charge is -2.31. The van der Waals surface area contributed by atoms with Crippen LogP contribution in [-0.4, -0.2) is 54.6 Å². The van der Waals surface area contributed by atoms with Gasteiger partial charge in [-0.1, -0.05) is 38.1 Å². The van der Waals surface area contributed by atoms with Gasteiger partial charge in [-0.2, -0.15) is 0 Å². The Kier molecular flexibility index (Phi) is 7.40. The summed E-state index contributed by atoms with van der Waals surface area (Å²) in [6.45, 7) is 5.95. The Bertz CT molecular complexity index is 429. The maximum Gasteiger partial charge on any atom is 0.317 e. The maximum absolute atomic E-state index is 11.2. The highest BCUT2D eigenvalue weighted by Crippen LogP contribution is 2.24. The third-order valence-electron chi connectivity index (χ3n) is 3.77. The summed E-state index contributed by atoms with van der Waals surface area (Å²) in [5, 5.41) is 9.17. The summed E-state index contributed by atoms with van der Waals surface area (Å²) in [5.74, 6) is -0.766. The van der Waals surface area contributed by atoms with Crippen LogP contribution in [0, 0.1) is 0 Å². The molecule has 4 heteroatoms. The van der Waals surface area contributed by atoms with Crippen molar-refractivity contribution in [1.82, 2.24) is 9.80 Å². The van der Waals surface area contributed by atoms with Crippen molar-refractivity contribution in [2.75, 3.05) is 33.7 Å². The van der Waals surface area contributed by atoms with Gasteiger partial charge in [0, 0.05) is 19.1 Å². The summed E-state index contributed by atoms with van der Waals surface area (Å²) >= 11 is 0. The summed E-state index contributed by atoms with van der Waals surface area (Å²) in [4.78, 5) is 15.3. The number of carboxylic acids is 1. The van der Waals surface area contributed by atoms with Crippen molar-refractivity contribution in [2.24, 2.45) is 0 Å². The van der Waals surface area contributed by atoms with Crippen LogP contribution in [0.4, 0.5) is 0 Å². The minimum absolute atomic E-state index is 0.0852. The van der Waals surface area contributed by atoms with Gasteiger partial charge in [0.2, 0.25) is 0 Å². The number of aryl methyl sites for hydroxylation is 1. The fourth-order valence-electron chi connectivity index (χ4n) is 2.53. The van der Waals surface area contributed by atoms with Crippen LogP contribution in [0.1, 0.15) is 37.4 Å². The Balaban J connectivity index is 2.89. The third-order valence-corrected chi connectivity index (χ3v) is 3.77. The summed E-state index contributed by atoms with van der Waals surface area (Å²) < 4.78 is 0. The van der Waals surface area contributed by atoms with Gasteiger partial charge in [0.25, 0.3) is 0 Å². The molecule has 1 atom stereocenters. The highest BCUT2D eigenvalue weighted by molar-refractivity contribution is 5.69. The molecule has 0 aliphatic rings. The first-order valence-corrected chi connectivity index (χ1v) is 7.67. The molecule has 1 N–H and O–H groups in total. The molecule has 1 rings (SSSR count). The normalized spacial score (nSPS) is 12.9. The van der Waals surface area contributed by atoms with Crippen molar-refractivity contribution < 1.29 is 9.90 Å². The highest BCUT2D eigenvalue weighted by atomic mass is 16.4. The zero-order valence-corrected chi connectivity index (χ0v) is 13.7. The van der Waals surface area contributed by atoms with Crippen LogP contribution in [0.15, 0.2) is 24.3 Å². The van der Waals surface area contributed by atoms with Crippen LogP contribution >= 0.6 is 0 Å². The van der Waals surface area contributed by atoms with Crippen LogP contribution in [0.3, 0.4) is 0 Å². The van der Waals surface area contributed by atoms with Crippen molar-refractivity contribution in [2.45, 2.75) is 32.7 Å². The van der Waals surface area contributed by atoms with Crippen LogP contribution in [0.2, 0.25) is 0 Å².